The van der Waals surface area contributed by atoms with Crippen LogP contribution in [0.5, 0.6) is 0 Å². The quantitative estimate of drug-likeness (QED) is 0.505. The van der Waals surface area contributed by atoms with Crippen LogP contribution in [0.4, 0.5) is 10.1 Å². The predicted octanol–water partition coefficient (Wildman–Crippen LogP) is 4.26. The Kier molecular flexibility index (Phi) is 2.26. The number of hydrogen-bond donors (Lipinski definition) is 0. The molecule has 3 rings (SSSR count). The predicted molar refractivity (Wildman–Crippen MR) is 74.9 cm³/mol. The highest BCUT2D eigenvalue weighted by Crippen LogP contribution is 2.50. The van der Waals surface area contributed by atoms with Gasteiger partial charge in [0, 0.05) is 6.07 Å². The summed E-state index contributed by atoms with van der Waals surface area (Å²) in [6, 6.07) is 4.47. The number of benzene rings is 1. The second kappa shape index (κ2) is 3.47. The summed E-state index contributed by atoms with van der Waals surface area (Å²) < 4.78 is 14.3. The second-order valence-electron chi connectivity index (χ2n) is 6.91. The Morgan fingerprint density at radius 2 is 1.89 bits per heavy atom. The summed E-state index contributed by atoms with van der Waals surface area (Å²) >= 11 is 0. The van der Waals surface area contributed by atoms with Gasteiger partial charge in [-0.15, -0.1) is 0 Å². The monoisotopic (exact) mass is 259 g/mol. The fourth-order valence-corrected chi connectivity index (χ4v) is 3.71. The van der Waals surface area contributed by atoms with Gasteiger partial charge in [-0.2, -0.15) is 4.74 Å². The lowest BCUT2D eigenvalue weighted by molar-refractivity contribution is -0.361. The topological polar surface area (TPSA) is 26.1 Å². The minimum Gasteiger partial charge on any atom is -0.618 e. The summed E-state index contributed by atoms with van der Waals surface area (Å²) in [7, 11) is 0. The molecule has 1 aliphatic carbocycles. The van der Waals surface area contributed by atoms with Gasteiger partial charge in [0.15, 0.2) is 0 Å². The molecular formula is C16H18FNO. The lowest BCUT2D eigenvalue weighted by atomic mass is 9.65. The first kappa shape index (κ1) is 12.4. The number of rotatable bonds is 0. The molecule has 0 N–H and O–H groups in total. The zero-order valence-electron chi connectivity index (χ0n) is 11.7. The smallest absolute Gasteiger partial charge is 0.227 e. The zero-order valence-corrected chi connectivity index (χ0v) is 11.7. The zero-order chi connectivity index (χ0) is 14.0. The van der Waals surface area contributed by atoms with Crippen molar-refractivity contribution < 1.29 is 9.13 Å². The summed E-state index contributed by atoms with van der Waals surface area (Å²) in [5, 5.41) is 12.5. The van der Waals surface area contributed by atoms with Crippen LogP contribution < -0.4 is 0 Å². The lowest BCUT2D eigenvalue weighted by Gasteiger charge is -2.36. The van der Waals surface area contributed by atoms with E-state index in [1.54, 1.807) is 6.07 Å². The first-order valence-corrected chi connectivity index (χ1v) is 6.59. The molecule has 100 valence electrons. The van der Waals surface area contributed by atoms with E-state index in [1.807, 2.05) is 0 Å². The normalized spacial score (nSPS) is 22.9. The molecule has 0 spiro atoms. The first-order chi connectivity index (χ1) is 8.71. The Balaban J connectivity index is 2.33. The van der Waals surface area contributed by atoms with Crippen molar-refractivity contribution in [3.8, 4) is 0 Å². The van der Waals surface area contributed by atoms with Crippen LogP contribution in [0.1, 0.15) is 39.7 Å². The summed E-state index contributed by atoms with van der Waals surface area (Å²) in [6.07, 6.45) is 3.07. The van der Waals surface area contributed by atoms with E-state index in [1.165, 1.54) is 12.1 Å². The van der Waals surface area contributed by atoms with E-state index in [0.717, 1.165) is 28.0 Å². The van der Waals surface area contributed by atoms with Crippen LogP contribution in [0.3, 0.4) is 0 Å². The molecule has 1 aromatic carbocycles. The number of fused-ring (bicyclic) bond motifs is 3. The molecule has 0 saturated heterocycles. The van der Waals surface area contributed by atoms with Gasteiger partial charge in [-0.05, 0) is 37.8 Å². The number of halogens is 1. The van der Waals surface area contributed by atoms with Crippen LogP contribution in [0.2, 0.25) is 0 Å². The van der Waals surface area contributed by atoms with Crippen LogP contribution in [0.15, 0.2) is 24.3 Å². The van der Waals surface area contributed by atoms with Gasteiger partial charge in [0.1, 0.15) is 5.82 Å². The van der Waals surface area contributed by atoms with Gasteiger partial charge >= 0.3 is 0 Å². The molecule has 2 nitrogen and oxygen atoms in total. The van der Waals surface area contributed by atoms with Crippen LogP contribution in [-0.2, 0) is 0 Å². The molecular weight excluding hydrogens is 241 g/mol. The molecule has 0 aromatic heterocycles. The third kappa shape index (κ3) is 1.71. The molecule has 0 fully saturated rings. The molecule has 3 heteroatoms. The van der Waals surface area contributed by atoms with Crippen molar-refractivity contribution in [2.45, 2.75) is 34.1 Å². The fraction of sp³-hybridized carbons (Fsp3) is 0.438. The van der Waals surface area contributed by atoms with Crippen molar-refractivity contribution in [1.29, 1.82) is 0 Å². The minimum absolute atomic E-state index is 0.0408. The molecule has 2 aliphatic rings. The Morgan fingerprint density at radius 3 is 2.58 bits per heavy atom. The van der Waals surface area contributed by atoms with Crippen molar-refractivity contribution in [3.05, 3.63) is 40.9 Å². The van der Waals surface area contributed by atoms with Crippen molar-refractivity contribution in [2.24, 2.45) is 10.8 Å². The molecule has 19 heavy (non-hydrogen) atoms. The standard InChI is InChI=1S/C16H18FNO/c1-15(2)8-12-11-6-5-10(17)7-13(11)18(19)14(12)16(3,4)9-15/h5-8H,9H2,1-4H3. The van der Waals surface area contributed by atoms with Gasteiger partial charge in [0.25, 0.3) is 0 Å². The van der Waals surface area contributed by atoms with E-state index in [0.29, 0.717) is 5.69 Å². The summed E-state index contributed by atoms with van der Waals surface area (Å²) in [5.41, 5.74) is 2.88. The number of nitrogens with zero attached hydrogens (tertiary/aromatic N) is 1. The summed E-state index contributed by atoms with van der Waals surface area (Å²) in [6.45, 7) is 8.53. The van der Waals surface area contributed by atoms with E-state index < -0.39 is 0 Å². The van der Waals surface area contributed by atoms with Crippen LogP contribution in [-0.4, -0.2) is 10.5 Å². The third-order valence-electron chi connectivity index (χ3n) is 4.00. The number of hydrogen-bond acceptors (Lipinski definition) is 1. The molecule has 0 unspecified atom stereocenters. The van der Waals surface area contributed by atoms with E-state index in [-0.39, 0.29) is 16.6 Å². The van der Waals surface area contributed by atoms with E-state index >= 15 is 0 Å². The molecule has 0 saturated carbocycles. The largest absolute Gasteiger partial charge is 0.618 e. The van der Waals surface area contributed by atoms with Crippen molar-refractivity contribution in [1.82, 2.24) is 0 Å². The van der Waals surface area contributed by atoms with Crippen molar-refractivity contribution in [2.75, 3.05) is 0 Å². The highest BCUT2D eigenvalue weighted by molar-refractivity contribution is 6.27. The molecule has 1 aliphatic heterocycles. The second-order valence-corrected chi connectivity index (χ2v) is 6.91. The van der Waals surface area contributed by atoms with Gasteiger partial charge < -0.3 is 5.21 Å². The average Bonchev–Trinajstić information content (AvgIpc) is 2.49. The first-order valence-electron chi connectivity index (χ1n) is 6.59. The summed E-state index contributed by atoms with van der Waals surface area (Å²) in [5.74, 6) is -0.364. The van der Waals surface area contributed by atoms with Gasteiger partial charge in [0.2, 0.25) is 11.4 Å². The third-order valence-corrected chi connectivity index (χ3v) is 4.00. The Bertz CT molecular complexity index is 638. The van der Waals surface area contributed by atoms with Crippen LogP contribution >= 0.6 is 0 Å². The van der Waals surface area contributed by atoms with E-state index in [4.69, 9.17) is 0 Å². The van der Waals surface area contributed by atoms with Gasteiger partial charge in [0.05, 0.1) is 16.6 Å². The molecule has 0 amide bonds. The van der Waals surface area contributed by atoms with Crippen molar-refractivity contribution >= 4 is 17.0 Å². The molecule has 0 radical (unpaired) electrons. The lowest BCUT2D eigenvalue weighted by Crippen LogP contribution is -2.36. The maximum absolute atomic E-state index is 13.4. The highest BCUT2D eigenvalue weighted by Gasteiger charge is 2.48. The Morgan fingerprint density at radius 1 is 1.21 bits per heavy atom. The summed E-state index contributed by atoms with van der Waals surface area (Å²) in [4.78, 5) is 0. The Labute approximate surface area is 112 Å². The Hall–Kier alpha value is -1.64. The van der Waals surface area contributed by atoms with Crippen LogP contribution in [0.25, 0.3) is 5.57 Å². The molecule has 0 bridgehead atoms. The SMILES string of the molecule is CC1(C)C=C2C(=[N+]([O-])c3cc(F)ccc32)C(C)(C)C1. The maximum Gasteiger partial charge on any atom is 0.227 e. The van der Waals surface area contributed by atoms with E-state index in [2.05, 4.69) is 33.8 Å². The van der Waals surface area contributed by atoms with Crippen LogP contribution in [0, 0.1) is 21.9 Å². The minimum atomic E-state index is -0.364. The number of allylic oxidation sites excluding steroid dienone is 2. The van der Waals surface area contributed by atoms with Gasteiger partial charge in [-0.3, -0.25) is 0 Å². The fourth-order valence-electron chi connectivity index (χ4n) is 3.71. The van der Waals surface area contributed by atoms with Gasteiger partial charge in [-0.1, -0.05) is 19.9 Å². The molecule has 1 heterocycles. The van der Waals surface area contributed by atoms with Crippen molar-refractivity contribution in [3.63, 3.8) is 0 Å². The van der Waals surface area contributed by atoms with Gasteiger partial charge in [-0.25, -0.2) is 4.39 Å². The van der Waals surface area contributed by atoms with E-state index in [9.17, 15) is 9.60 Å². The molecule has 0 atom stereocenters. The maximum atomic E-state index is 13.4. The average molecular weight is 259 g/mol. The molecule has 1 aromatic rings. The highest BCUT2D eigenvalue weighted by atomic mass is 19.1.